The summed E-state index contributed by atoms with van der Waals surface area (Å²) in [5.41, 5.74) is 0.744. The molecule has 3 amide bonds. The smallest absolute Gasteiger partial charge is 0.242 e. The summed E-state index contributed by atoms with van der Waals surface area (Å²) in [7, 11) is 1.60. The third-order valence-corrected chi connectivity index (χ3v) is 7.22. The molecule has 11 heteroatoms. The molecule has 0 atom stereocenters. The number of carbonyl (C=O) groups is 3. The minimum absolute atomic E-state index is 0.0842. The van der Waals surface area contributed by atoms with Crippen LogP contribution < -0.4 is 10.1 Å². The first kappa shape index (κ1) is 28.8. The van der Waals surface area contributed by atoms with Crippen LogP contribution in [0.4, 0.5) is 5.13 Å². The molecule has 2 aromatic rings. The molecule has 1 aromatic carbocycles. The Bertz CT molecular complexity index is 1040. The van der Waals surface area contributed by atoms with Gasteiger partial charge in [0.2, 0.25) is 17.7 Å². The Labute approximate surface area is 222 Å². The largest absolute Gasteiger partial charge is 0.494 e. The fourth-order valence-electron chi connectivity index (χ4n) is 4.16. The van der Waals surface area contributed by atoms with Crippen molar-refractivity contribution in [3.63, 3.8) is 0 Å². The summed E-state index contributed by atoms with van der Waals surface area (Å²) >= 11 is 1.42. The number of benzene rings is 1. The Balaban J connectivity index is 1.31. The Hall–Kier alpha value is -2.76. The van der Waals surface area contributed by atoms with E-state index < -0.39 is 0 Å². The molecule has 1 aliphatic rings. The van der Waals surface area contributed by atoms with Gasteiger partial charge < -0.3 is 15.0 Å². The highest BCUT2D eigenvalue weighted by Crippen LogP contribution is 2.32. The molecule has 1 fully saturated rings. The average molecular weight is 534 g/mol. The standard InChI is InChI=1S/C26H39N5O5S/c1-4-5-18-36-31(20(2)32)13-8-6-7-12-24(34)30-16-14-29(15-17-30)19-23(33)27-26-28-25-21(35-3)10-9-11-22(25)37-26/h9-11H,4-8,12-19H2,1-3H3,(H,27,28,33). The zero-order chi connectivity index (χ0) is 26.6. The van der Waals surface area contributed by atoms with Crippen molar-refractivity contribution in [3.8, 4) is 5.75 Å². The van der Waals surface area contributed by atoms with E-state index in [1.165, 1.54) is 23.3 Å². The third kappa shape index (κ3) is 8.94. The first-order valence-corrected chi connectivity index (χ1v) is 13.9. The summed E-state index contributed by atoms with van der Waals surface area (Å²) < 4.78 is 6.30. The minimum atomic E-state index is -0.115. The summed E-state index contributed by atoms with van der Waals surface area (Å²) in [6.45, 7) is 7.53. The lowest BCUT2D eigenvalue weighted by Gasteiger charge is -2.34. The Kier molecular flexibility index (Phi) is 11.6. The first-order chi connectivity index (χ1) is 17.9. The van der Waals surface area contributed by atoms with Crippen LogP contribution in [-0.2, 0) is 19.2 Å². The van der Waals surface area contributed by atoms with Crippen molar-refractivity contribution < 1.29 is 24.0 Å². The maximum absolute atomic E-state index is 12.6. The van der Waals surface area contributed by atoms with Gasteiger partial charge in [0.15, 0.2) is 5.13 Å². The lowest BCUT2D eigenvalue weighted by molar-refractivity contribution is -0.185. The van der Waals surface area contributed by atoms with Crippen molar-refractivity contribution in [1.82, 2.24) is 19.8 Å². The highest BCUT2D eigenvalue weighted by molar-refractivity contribution is 7.22. The normalized spacial score (nSPS) is 14.1. The van der Waals surface area contributed by atoms with E-state index in [1.807, 2.05) is 23.1 Å². The maximum Gasteiger partial charge on any atom is 0.242 e. The topological polar surface area (TPSA) is 104 Å². The van der Waals surface area contributed by atoms with Crippen LogP contribution in [0.1, 0.15) is 52.4 Å². The summed E-state index contributed by atoms with van der Waals surface area (Å²) in [6.07, 6.45) is 4.91. The molecule has 3 rings (SSSR count). The molecular weight excluding hydrogens is 494 g/mol. The average Bonchev–Trinajstić information content (AvgIpc) is 3.30. The summed E-state index contributed by atoms with van der Waals surface area (Å²) in [5.74, 6) is 0.634. The van der Waals surface area contributed by atoms with E-state index in [2.05, 4.69) is 22.1 Å². The second-order valence-corrected chi connectivity index (χ2v) is 10.2. The number of ether oxygens (including phenoxy) is 1. The van der Waals surface area contributed by atoms with Gasteiger partial charge in [-0.05, 0) is 31.4 Å². The number of amides is 3. The zero-order valence-electron chi connectivity index (χ0n) is 22.2. The van der Waals surface area contributed by atoms with E-state index in [1.54, 1.807) is 7.11 Å². The van der Waals surface area contributed by atoms with E-state index >= 15 is 0 Å². The number of fused-ring (bicyclic) bond motifs is 1. The number of methoxy groups -OCH3 is 1. The molecule has 0 spiro atoms. The van der Waals surface area contributed by atoms with E-state index in [4.69, 9.17) is 9.57 Å². The molecule has 0 aliphatic carbocycles. The number of carbonyl (C=O) groups excluding carboxylic acids is 3. The van der Waals surface area contributed by atoms with Gasteiger partial charge in [-0.15, -0.1) is 0 Å². The van der Waals surface area contributed by atoms with Crippen LogP contribution in [-0.4, -0.2) is 90.6 Å². The molecule has 1 aliphatic heterocycles. The number of aromatic nitrogens is 1. The van der Waals surface area contributed by atoms with Crippen LogP contribution in [0.3, 0.4) is 0 Å². The summed E-state index contributed by atoms with van der Waals surface area (Å²) in [4.78, 5) is 50.8. The second-order valence-electron chi connectivity index (χ2n) is 9.15. The van der Waals surface area contributed by atoms with Crippen molar-refractivity contribution in [2.24, 2.45) is 0 Å². The molecule has 0 unspecified atom stereocenters. The number of rotatable bonds is 14. The van der Waals surface area contributed by atoms with Gasteiger partial charge in [0.1, 0.15) is 11.3 Å². The molecule has 1 saturated heterocycles. The van der Waals surface area contributed by atoms with Crippen LogP contribution >= 0.6 is 11.3 Å². The van der Waals surface area contributed by atoms with Crippen molar-refractivity contribution in [2.45, 2.75) is 52.4 Å². The fraction of sp³-hybridized carbons (Fsp3) is 0.615. The lowest BCUT2D eigenvalue weighted by Crippen LogP contribution is -2.50. The summed E-state index contributed by atoms with van der Waals surface area (Å²) in [5, 5.41) is 4.87. The molecule has 1 N–H and O–H groups in total. The summed E-state index contributed by atoms with van der Waals surface area (Å²) in [6, 6.07) is 5.70. The second kappa shape index (κ2) is 14.8. The Morgan fingerprint density at radius 1 is 1.11 bits per heavy atom. The van der Waals surface area contributed by atoms with Gasteiger partial charge in [-0.1, -0.05) is 37.2 Å². The zero-order valence-corrected chi connectivity index (χ0v) is 23.0. The number of piperazine rings is 1. The maximum atomic E-state index is 12.6. The highest BCUT2D eigenvalue weighted by Gasteiger charge is 2.22. The molecule has 0 bridgehead atoms. The van der Waals surface area contributed by atoms with E-state index in [0.717, 1.165) is 42.3 Å². The quantitative estimate of drug-likeness (QED) is 0.293. The van der Waals surface area contributed by atoms with Gasteiger partial charge >= 0.3 is 0 Å². The van der Waals surface area contributed by atoms with Crippen molar-refractivity contribution in [2.75, 3.05) is 58.3 Å². The molecule has 0 radical (unpaired) electrons. The van der Waals surface area contributed by atoms with E-state index in [9.17, 15) is 14.4 Å². The van der Waals surface area contributed by atoms with Crippen molar-refractivity contribution in [3.05, 3.63) is 18.2 Å². The van der Waals surface area contributed by atoms with E-state index in [-0.39, 0.29) is 24.3 Å². The number of hydrogen-bond acceptors (Lipinski definition) is 8. The molecule has 2 heterocycles. The number of thiazole rings is 1. The predicted octanol–water partition coefficient (Wildman–Crippen LogP) is 3.53. The number of hydroxylamine groups is 2. The number of nitrogens with zero attached hydrogens (tertiary/aromatic N) is 4. The molecule has 10 nitrogen and oxygen atoms in total. The van der Waals surface area contributed by atoms with Gasteiger partial charge in [-0.25, -0.2) is 10.0 Å². The molecule has 204 valence electrons. The lowest BCUT2D eigenvalue weighted by atomic mass is 10.1. The SMILES string of the molecule is CCCCON(CCCCCC(=O)N1CCN(CC(=O)Nc2nc3c(OC)cccc3s2)CC1)C(C)=O. The van der Waals surface area contributed by atoms with Gasteiger partial charge in [-0.3, -0.25) is 24.1 Å². The highest BCUT2D eigenvalue weighted by atomic mass is 32.1. The number of nitrogens with one attached hydrogen (secondary N) is 1. The van der Waals surface area contributed by atoms with Gasteiger partial charge in [-0.2, -0.15) is 0 Å². The number of hydrogen-bond donors (Lipinski definition) is 1. The van der Waals surface area contributed by atoms with Crippen LogP contribution in [0.15, 0.2) is 18.2 Å². The van der Waals surface area contributed by atoms with Crippen LogP contribution in [0.5, 0.6) is 5.75 Å². The molecule has 1 aromatic heterocycles. The van der Waals surface area contributed by atoms with Crippen molar-refractivity contribution in [1.29, 1.82) is 0 Å². The minimum Gasteiger partial charge on any atom is -0.494 e. The number of anilines is 1. The number of unbranched alkanes of at least 4 members (excludes halogenated alkanes) is 3. The van der Waals surface area contributed by atoms with Crippen LogP contribution in [0.2, 0.25) is 0 Å². The van der Waals surface area contributed by atoms with Gasteiger partial charge in [0.05, 0.1) is 25.0 Å². The Morgan fingerprint density at radius 3 is 2.59 bits per heavy atom. The molecular formula is C26H39N5O5S. The van der Waals surface area contributed by atoms with Crippen LogP contribution in [0, 0.1) is 0 Å². The van der Waals surface area contributed by atoms with Gasteiger partial charge in [0, 0.05) is 46.1 Å². The fourth-order valence-corrected chi connectivity index (χ4v) is 5.06. The number of para-hydroxylation sites is 1. The predicted molar refractivity (Wildman–Crippen MR) is 145 cm³/mol. The molecule has 37 heavy (non-hydrogen) atoms. The molecule has 0 saturated carbocycles. The van der Waals surface area contributed by atoms with E-state index in [0.29, 0.717) is 56.6 Å². The first-order valence-electron chi connectivity index (χ1n) is 13.1. The third-order valence-electron chi connectivity index (χ3n) is 6.29. The van der Waals surface area contributed by atoms with Crippen LogP contribution in [0.25, 0.3) is 10.2 Å². The monoisotopic (exact) mass is 533 g/mol. The van der Waals surface area contributed by atoms with Crippen molar-refractivity contribution >= 4 is 44.4 Å². The Morgan fingerprint density at radius 2 is 1.89 bits per heavy atom. The van der Waals surface area contributed by atoms with Gasteiger partial charge in [0.25, 0.3) is 0 Å².